The van der Waals surface area contributed by atoms with Gasteiger partial charge in [-0.2, -0.15) is 5.26 Å². The first-order valence-electron chi connectivity index (χ1n) is 7.04. The molecule has 0 aliphatic heterocycles. The molecule has 0 fully saturated rings. The first-order valence-corrected chi connectivity index (χ1v) is 7.04. The molecular weight excluding hydrogens is 274 g/mol. The molecule has 1 aromatic carbocycles. The van der Waals surface area contributed by atoms with E-state index in [4.69, 9.17) is 5.26 Å². The van der Waals surface area contributed by atoms with Gasteiger partial charge in [0.1, 0.15) is 5.82 Å². The van der Waals surface area contributed by atoms with Crippen LogP contribution in [0.1, 0.15) is 26.1 Å². The lowest BCUT2D eigenvalue weighted by Gasteiger charge is -2.18. The van der Waals surface area contributed by atoms with Gasteiger partial charge in [0.05, 0.1) is 30.1 Å². The van der Waals surface area contributed by atoms with Gasteiger partial charge < -0.3 is 4.57 Å². The molecule has 0 saturated carbocycles. The average Bonchev–Trinajstić information content (AvgIpc) is 2.79. The molecule has 0 unspecified atom stereocenters. The summed E-state index contributed by atoms with van der Waals surface area (Å²) in [6.45, 7) is 6.84. The van der Waals surface area contributed by atoms with Gasteiger partial charge in [0.25, 0.3) is 0 Å². The third-order valence-corrected chi connectivity index (χ3v) is 3.58. The van der Waals surface area contributed by atoms with Gasteiger partial charge in [-0.3, -0.25) is 4.90 Å². The highest BCUT2D eigenvalue weighted by Gasteiger charge is 2.15. The molecule has 1 aromatic heterocycles. The van der Waals surface area contributed by atoms with Crippen molar-refractivity contribution in [3.8, 4) is 6.07 Å². The predicted molar refractivity (Wildman–Crippen MR) is 76.5 cm³/mol. The van der Waals surface area contributed by atoms with E-state index in [0.29, 0.717) is 30.5 Å². The second kappa shape index (κ2) is 6.64. The van der Waals surface area contributed by atoms with Crippen molar-refractivity contribution in [2.24, 2.45) is 0 Å². The fraction of sp³-hybridized carbons (Fsp3) is 0.467. The van der Waals surface area contributed by atoms with Crippen LogP contribution >= 0.6 is 0 Å². The van der Waals surface area contributed by atoms with Crippen molar-refractivity contribution < 1.29 is 8.78 Å². The Hall–Kier alpha value is -2.00. The number of aromatic nitrogens is 2. The molecule has 0 radical (unpaired) electrons. The topological polar surface area (TPSA) is 44.9 Å². The van der Waals surface area contributed by atoms with E-state index in [1.165, 1.54) is 0 Å². The Morgan fingerprint density at radius 1 is 1.24 bits per heavy atom. The van der Waals surface area contributed by atoms with Gasteiger partial charge in [0.15, 0.2) is 11.6 Å². The standard InChI is InChI=1S/C15H18F2N4/c1-3-20(4-2)10-15-19-13-8-11(16)12(17)9-14(13)21(15)7-5-6-18/h8-9H,3-5,7,10H2,1-2H3. The summed E-state index contributed by atoms with van der Waals surface area (Å²) in [5.74, 6) is -1.06. The number of hydrogen-bond donors (Lipinski definition) is 0. The molecule has 6 heteroatoms. The highest BCUT2D eigenvalue weighted by molar-refractivity contribution is 5.76. The largest absolute Gasteiger partial charge is 0.326 e. The van der Waals surface area contributed by atoms with E-state index in [9.17, 15) is 8.78 Å². The van der Waals surface area contributed by atoms with Gasteiger partial charge >= 0.3 is 0 Å². The maximum absolute atomic E-state index is 13.5. The number of nitrogens with zero attached hydrogens (tertiary/aromatic N) is 4. The molecule has 112 valence electrons. The molecule has 4 nitrogen and oxygen atoms in total. The lowest BCUT2D eigenvalue weighted by molar-refractivity contribution is 0.284. The third-order valence-electron chi connectivity index (χ3n) is 3.58. The summed E-state index contributed by atoms with van der Waals surface area (Å²) in [5.41, 5.74) is 0.959. The maximum atomic E-state index is 13.5. The van der Waals surface area contributed by atoms with E-state index in [-0.39, 0.29) is 0 Å². The zero-order chi connectivity index (χ0) is 15.4. The zero-order valence-corrected chi connectivity index (χ0v) is 12.2. The van der Waals surface area contributed by atoms with Crippen LogP contribution in [0.25, 0.3) is 11.0 Å². The smallest absolute Gasteiger partial charge is 0.161 e. The lowest BCUT2D eigenvalue weighted by atomic mass is 10.3. The number of fused-ring (bicyclic) bond motifs is 1. The van der Waals surface area contributed by atoms with Crippen molar-refractivity contribution in [2.75, 3.05) is 13.1 Å². The molecule has 0 bridgehead atoms. The van der Waals surface area contributed by atoms with Gasteiger partial charge in [-0.1, -0.05) is 13.8 Å². The summed E-state index contributed by atoms with van der Waals surface area (Å²) in [7, 11) is 0. The van der Waals surface area contributed by atoms with Crippen LogP contribution in [0.3, 0.4) is 0 Å². The quantitative estimate of drug-likeness (QED) is 0.822. The van der Waals surface area contributed by atoms with Gasteiger partial charge in [-0.05, 0) is 13.1 Å². The Balaban J connectivity index is 2.49. The van der Waals surface area contributed by atoms with Crippen molar-refractivity contribution in [3.63, 3.8) is 0 Å². The molecule has 1 heterocycles. The summed E-state index contributed by atoms with van der Waals surface area (Å²) in [5, 5.41) is 8.77. The highest BCUT2D eigenvalue weighted by Crippen LogP contribution is 2.21. The molecule has 0 amide bonds. The van der Waals surface area contributed by atoms with Crippen LogP contribution in [-0.4, -0.2) is 27.5 Å². The Bertz CT molecular complexity index is 668. The van der Waals surface area contributed by atoms with Crippen LogP contribution in [0, 0.1) is 23.0 Å². The molecule has 0 N–H and O–H groups in total. The molecule has 21 heavy (non-hydrogen) atoms. The van der Waals surface area contributed by atoms with E-state index >= 15 is 0 Å². The highest BCUT2D eigenvalue weighted by atomic mass is 19.2. The van der Waals surface area contributed by atoms with E-state index in [0.717, 1.165) is 31.0 Å². The van der Waals surface area contributed by atoms with Crippen LogP contribution < -0.4 is 0 Å². The fourth-order valence-corrected chi connectivity index (χ4v) is 2.35. The Kier molecular flexibility index (Phi) is 4.86. The summed E-state index contributed by atoms with van der Waals surface area (Å²) in [6, 6.07) is 4.34. The monoisotopic (exact) mass is 292 g/mol. The fourth-order valence-electron chi connectivity index (χ4n) is 2.35. The molecule has 2 rings (SSSR count). The SMILES string of the molecule is CCN(CC)Cc1nc2cc(F)c(F)cc2n1CCC#N. The first kappa shape index (κ1) is 15.4. The maximum Gasteiger partial charge on any atom is 0.161 e. The van der Waals surface area contributed by atoms with Crippen molar-refractivity contribution in [3.05, 3.63) is 29.6 Å². The number of halogens is 2. The molecule has 0 aliphatic carbocycles. The van der Waals surface area contributed by atoms with E-state index in [1.807, 2.05) is 13.8 Å². The first-order chi connectivity index (χ1) is 10.1. The summed E-state index contributed by atoms with van der Waals surface area (Å²) in [4.78, 5) is 6.57. The van der Waals surface area contributed by atoms with E-state index in [1.54, 1.807) is 4.57 Å². The van der Waals surface area contributed by atoms with Gasteiger partial charge in [-0.25, -0.2) is 13.8 Å². The van der Waals surface area contributed by atoms with Crippen molar-refractivity contribution in [1.29, 1.82) is 5.26 Å². The zero-order valence-electron chi connectivity index (χ0n) is 12.2. The minimum Gasteiger partial charge on any atom is -0.326 e. The summed E-state index contributed by atoms with van der Waals surface area (Å²) in [6.07, 6.45) is 0.301. The second-order valence-electron chi connectivity index (χ2n) is 4.80. The number of rotatable bonds is 6. The Labute approximate surface area is 122 Å². The van der Waals surface area contributed by atoms with Crippen LogP contribution in [0.5, 0.6) is 0 Å². The Morgan fingerprint density at radius 2 is 1.90 bits per heavy atom. The van der Waals surface area contributed by atoms with Crippen LogP contribution in [0.2, 0.25) is 0 Å². The van der Waals surface area contributed by atoms with Crippen molar-refractivity contribution in [1.82, 2.24) is 14.5 Å². The van der Waals surface area contributed by atoms with E-state index < -0.39 is 11.6 Å². The lowest BCUT2D eigenvalue weighted by Crippen LogP contribution is -2.24. The van der Waals surface area contributed by atoms with E-state index in [2.05, 4.69) is 16.0 Å². The van der Waals surface area contributed by atoms with Gasteiger partial charge in [0.2, 0.25) is 0 Å². The summed E-state index contributed by atoms with van der Waals surface area (Å²) >= 11 is 0. The molecule has 0 atom stereocenters. The van der Waals surface area contributed by atoms with Crippen molar-refractivity contribution in [2.45, 2.75) is 33.4 Å². The second-order valence-corrected chi connectivity index (χ2v) is 4.80. The van der Waals surface area contributed by atoms with Crippen LogP contribution in [-0.2, 0) is 13.1 Å². The number of benzene rings is 1. The van der Waals surface area contributed by atoms with Gasteiger partial charge in [0, 0.05) is 18.7 Å². The molecule has 2 aromatic rings. The summed E-state index contributed by atoms with van der Waals surface area (Å²) < 4.78 is 28.6. The van der Waals surface area contributed by atoms with Crippen molar-refractivity contribution >= 4 is 11.0 Å². The molecule has 0 spiro atoms. The number of nitriles is 1. The minimum atomic E-state index is -0.901. The predicted octanol–water partition coefficient (Wildman–Crippen LogP) is 3.07. The average molecular weight is 292 g/mol. The van der Waals surface area contributed by atoms with Crippen LogP contribution in [0.4, 0.5) is 8.78 Å². The normalized spacial score (nSPS) is 11.2. The number of imidazole rings is 1. The molecule has 0 aliphatic rings. The minimum absolute atomic E-state index is 0.301. The molecule has 0 saturated heterocycles. The van der Waals surface area contributed by atoms with Crippen LogP contribution in [0.15, 0.2) is 12.1 Å². The molecular formula is C15H18F2N4. The van der Waals surface area contributed by atoms with Gasteiger partial charge in [-0.15, -0.1) is 0 Å². The Morgan fingerprint density at radius 3 is 2.52 bits per heavy atom. The number of hydrogen-bond acceptors (Lipinski definition) is 3. The number of aryl methyl sites for hydroxylation is 1. The third kappa shape index (κ3) is 3.19.